The number of carbonyl (C=O) groups excluding carboxylic acids is 1. The summed E-state index contributed by atoms with van der Waals surface area (Å²) in [5, 5.41) is 0. The monoisotopic (exact) mass is 195 g/mol. The van der Waals surface area contributed by atoms with Gasteiger partial charge in [0.2, 0.25) is 0 Å². The van der Waals surface area contributed by atoms with Crippen molar-refractivity contribution in [2.24, 2.45) is 11.7 Å². The van der Waals surface area contributed by atoms with Crippen molar-refractivity contribution in [2.75, 3.05) is 0 Å². The zero-order valence-electron chi connectivity index (χ0n) is 8.66. The van der Waals surface area contributed by atoms with E-state index in [4.69, 9.17) is 5.73 Å². The molecule has 1 aromatic rings. The van der Waals surface area contributed by atoms with Crippen molar-refractivity contribution in [3.05, 3.63) is 18.2 Å². The number of H-pyrrole nitrogens is 1. The number of aromatic amines is 1. The predicted molar refractivity (Wildman–Crippen MR) is 54.7 cm³/mol. The van der Waals surface area contributed by atoms with Gasteiger partial charge in [0.25, 0.3) is 0 Å². The van der Waals surface area contributed by atoms with Gasteiger partial charge in [0.15, 0.2) is 5.78 Å². The third kappa shape index (κ3) is 2.96. The average molecular weight is 195 g/mol. The standard InChI is InChI=1S/C10H17N3O/c1-7(2)10(14)9(11)4-3-8-5-12-6-13-8/h5-7,9H,3-4,11H2,1-2H3,(H,12,13)/t9-/m0/s1. The highest BCUT2D eigenvalue weighted by molar-refractivity contribution is 5.85. The van der Waals surface area contributed by atoms with Gasteiger partial charge in [-0.1, -0.05) is 13.8 Å². The summed E-state index contributed by atoms with van der Waals surface area (Å²) < 4.78 is 0. The molecule has 0 aliphatic carbocycles. The molecule has 1 rings (SSSR count). The maximum atomic E-state index is 11.5. The zero-order valence-corrected chi connectivity index (χ0v) is 8.66. The molecular formula is C10H17N3O. The molecule has 0 radical (unpaired) electrons. The van der Waals surface area contributed by atoms with Crippen molar-refractivity contribution < 1.29 is 4.79 Å². The number of aromatic nitrogens is 2. The van der Waals surface area contributed by atoms with Crippen molar-refractivity contribution in [3.63, 3.8) is 0 Å². The minimum absolute atomic E-state index is 0.0202. The minimum Gasteiger partial charge on any atom is -0.348 e. The van der Waals surface area contributed by atoms with Crippen LogP contribution in [0.3, 0.4) is 0 Å². The molecule has 1 atom stereocenters. The largest absolute Gasteiger partial charge is 0.348 e. The molecule has 1 heterocycles. The van der Waals surface area contributed by atoms with Crippen molar-refractivity contribution in [3.8, 4) is 0 Å². The molecule has 0 aromatic carbocycles. The number of hydrogen-bond acceptors (Lipinski definition) is 3. The summed E-state index contributed by atoms with van der Waals surface area (Å²) in [7, 11) is 0. The van der Waals surface area contributed by atoms with E-state index in [2.05, 4.69) is 9.97 Å². The first-order valence-electron chi connectivity index (χ1n) is 4.88. The average Bonchev–Trinajstić information content (AvgIpc) is 2.65. The molecule has 0 spiro atoms. The lowest BCUT2D eigenvalue weighted by Gasteiger charge is -2.11. The van der Waals surface area contributed by atoms with E-state index in [-0.39, 0.29) is 17.7 Å². The van der Waals surface area contributed by atoms with Crippen molar-refractivity contribution in [1.29, 1.82) is 0 Å². The third-order valence-electron chi connectivity index (χ3n) is 2.21. The molecule has 0 unspecified atom stereocenters. The highest BCUT2D eigenvalue weighted by Gasteiger charge is 2.16. The van der Waals surface area contributed by atoms with Crippen LogP contribution in [0.15, 0.2) is 12.5 Å². The Morgan fingerprint density at radius 1 is 1.64 bits per heavy atom. The molecule has 0 fully saturated rings. The van der Waals surface area contributed by atoms with Gasteiger partial charge in [-0.15, -0.1) is 0 Å². The summed E-state index contributed by atoms with van der Waals surface area (Å²) >= 11 is 0. The van der Waals surface area contributed by atoms with Gasteiger partial charge in [0.1, 0.15) is 0 Å². The Kier molecular flexibility index (Phi) is 3.83. The Morgan fingerprint density at radius 2 is 2.36 bits per heavy atom. The van der Waals surface area contributed by atoms with Crippen molar-refractivity contribution in [2.45, 2.75) is 32.7 Å². The molecule has 4 heteroatoms. The van der Waals surface area contributed by atoms with Crippen LogP contribution in [0.4, 0.5) is 0 Å². The van der Waals surface area contributed by atoms with E-state index in [1.54, 1.807) is 12.5 Å². The number of imidazole rings is 1. The van der Waals surface area contributed by atoms with Gasteiger partial charge in [-0.05, 0) is 12.8 Å². The number of hydrogen-bond donors (Lipinski definition) is 2. The topological polar surface area (TPSA) is 71.8 Å². The van der Waals surface area contributed by atoms with Crippen LogP contribution in [0.5, 0.6) is 0 Å². The Labute approximate surface area is 83.9 Å². The molecule has 3 N–H and O–H groups in total. The van der Waals surface area contributed by atoms with Crippen LogP contribution in [-0.2, 0) is 11.2 Å². The van der Waals surface area contributed by atoms with Gasteiger partial charge < -0.3 is 10.7 Å². The van der Waals surface area contributed by atoms with Crippen LogP contribution in [0.25, 0.3) is 0 Å². The molecule has 0 aliphatic rings. The van der Waals surface area contributed by atoms with E-state index in [1.165, 1.54) is 0 Å². The first kappa shape index (κ1) is 10.9. The molecule has 0 amide bonds. The second-order valence-corrected chi connectivity index (χ2v) is 3.78. The van der Waals surface area contributed by atoms with Crippen LogP contribution in [-0.4, -0.2) is 21.8 Å². The molecule has 14 heavy (non-hydrogen) atoms. The van der Waals surface area contributed by atoms with Gasteiger partial charge in [0, 0.05) is 17.8 Å². The number of nitrogens with zero attached hydrogens (tertiary/aromatic N) is 1. The first-order chi connectivity index (χ1) is 6.61. The van der Waals surface area contributed by atoms with Gasteiger partial charge in [-0.2, -0.15) is 0 Å². The third-order valence-corrected chi connectivity index (χ3v) is 2.21. The highest BCUT2D eigenvalue weighted by Crippen LogP contribution is 2.05. The predicted octanol–water partition coefficient (Wildman–Crippen LogP) is 0.895. The maximum absolute atomic E-state index is 11.5. The van der Waals surface area contributed by atoms with Crippen LogP contribution < -0.4 is 5.73 Å². The molecule has 0 saturated heterocycles. The van der Waals surface area contributed by atoms with E-state index in [0.717, 1.165) is 12.1 Å². The molecule has 0 saturated carbocycles. The molecule has 4 nitrogen and oxygen atoms in total. The van der Waals surface area contributed by atoms with E-state index in [0.29, 0.717) is 6.42 Å². The lowest BCUT2D eigenvalue weighted by molar-refractivity contribution is -0.123. The Bertz CT molecular complexity index is 280. The lowest BCUT2D eigenvalue weighted by atomic mass is 9.98. The number of nitrogens with two attached hydrogens (primary N) is 1. The summed E-state index contributed by atoms with van der Waals surface area (Å²) in [4.78, 5) is 18.3. The van der Waals surface area contributed by atoms with Crippen LogP contribution in [0, 0.1) is 5.92 Å². The van der Waals surface area contributed by atoms with E-state index < -0.39 is 0 Å². The van der Waals surface area contributed by atoms with E-state index in [1.807, 2.05) is 13.8 Å². The van der Waals surface area contributed by atoms with Crippen molar-refractivity contribution >= 4 is 5.78 Å². The van der Waals surface area contributed by atoms with Crippen LogP contribution >= 0.6 is 0 Å². The van der Waals surface area contributed by atoms with Gasteiger partial charge in [-0.3, -0.25) is 4.79 Å². The normalized spacial score (nSPS) is 13.1. The second kappa shape index (κ2) is 4.91. The van der Waals surface area contributed by atoms with E-state index >= 15 is 0 Å². The molecule has 1 aromatic heterocycles. The van der Waals surface area contributed by atoms with Gasteiger partial charge in [0.05, 0.1) is 12.4 Å². The molecule has 0 bridgehead atoms. The van der Waals surface area contributed by atoms with Crippen LogP contribution in [0.1, 0.15) is 26.0 Å². The summed E-state index contributed by atoms with van der Waals surface area (Å²) in [5.74, 6) is 0.149. The van der Waals surface area contributed by atoms with Gasteiger partial charge >= 0.3 is 0 Å². The summed E-state index contributed by atoms with van der Waals surface area (Å²) in [6, 6.07) is -0.349. The fourth-order valence-corrected chi connectivity index (χ4v) is 1.30. The van der Waals surface area contributed by atoms with Gasteiger partial charge in [-0.25, -0.2) is 4.98 Å². The number of carbonyl (C=O) groups is 1. The Balaban J connectivity index is 2.35. The number of Topliss-reactive ketones (excluding diaryl/α,β-unsaturated/α-hetero) is 1. The quantitative estimate of drug-likeness (QED) is 0.733. The number of nitrogens with one attached hydrogen (secondary N) is 1. The number of aryl methyl sites for hydroxylation is 1. The smallest absolute Gasteiger partial charge is 0.152 e. The molecule has 0 aliphatic heterocycles. The fraction of sp³-hybridized carbons (Fsp3) is 0.600. The Morgan fingerprint density at radius 3 is 2.86 bits per heavy atom. The molecular weight excluding hydrogens is 178 g/mol. The lowest BCUT2D eigenvalue weighted by Crippen LogP contribution is -2.34. The minimum atomic E-state index is -0.349. The maximum Gasteiger partial charge on any atom is 0.152 e. The first-order valence-corrected chi connectivity index (χ1v) is 4.88. The van der Waals surface area contributed by atoms with Crippen molar-refractivity contribution in [1.82, 2.24) is 9.97 Å². The SMILES string of the molecule is CC(C)C(=O)[C@@H](N)CCc1cnc[nH]1. The number of ketones is 1. The van der Waals surface area contributed by atoms with Crippen LogP contribution in [0.2, 0.25) is 0 Å². The summed E-state index contributed by atoms with van der Waals surface area (Å²) in [5.41, 5.74) is 6.78. The summed E-state index contributed by atoms with van der Waals surface area (Å²) in [6.45, 7) is 3.75. The van der Waals surface area contributed by atoms with E-state index in [9.17, 15) is 4.79 Å². The number of rotatable bonds is 5. The second-order valence-electron chi connectivity index (χ2n) is 3.78. The summed E-state index contributed by atoms with van der Waals surface area (Å²) in [6.07, 6.45) is 4.84. The Hall–Kier alpha value is -1.16. The molecule has 78 valence electrons. The zero-order chi connectivity index (χ0) is 10.6. The highest BCUT2D eigenvalue weighted by atomic mass is 16.1. The fourth-order valence-electron chi connectivity index (χ4n) is 1.30.